The summed E-state index contributed by atoms with van der Waals surface area (Å²) in [5.41, 5.74) is 0. The summed E-state index contributed by atoms with van der Waals surface area (Å²) in [7, 11) is 0. The lowest BCUT2D eigenvalue weighted by Crippen LogP contribution is -2.49. The molecule has 1 aliphatic heterocycles. The van der Waals surface area contributed by atoms with Crippen molar-refractivity contribution < 1.29 is 13.9 Å². The average Bonchev–Trinajstić information content (AvgIpc) is 2.35. The SMILES string of the molecule is CCNC1CCOCC1Oc1ccc(Cl)cc1F. The van der Waals surface area contributed by atoms with Gasteiger partial charge in [-0.15, -0.1) is 0 Å². The molecule has 5 heteroatoms. The predicted molar refractivity (Wildman–Crippen MR) is 68.7 cm³/mol. The predicted octanol–water partition coefficient (Wildman–Crippen LogP) is 2.62. The quantitative estimate of drug-likeness (QED) is 0.915. The van der Waals surface area contributed by atoms with E-state index in [0.29, 0.717) is 18.2 Å². The molecule has 1 heterocycles. The Morgan fingerprint density at radius 1 is 1.56 bits per heavy atom. The summed E-state index contributed by atoms with van der Waals surface area (Å²) in [5, 5.41) is 3.70. The van der Waals surface area contributed by atoms with Crippen molar-refractivity contribution >= 4 is 11.6 Å². The minimum absolute atomic E-state index is 0.172. The standard InChI is InChI=1S/C13H17ClFNO2/c1-2-16-11-5-6-17-8-13(11)18-12-4-3-9(14)7-10(12)15/h3-4,7,11,13,16H,2,5-6,8H2,1H3. The second-order valence-corrected chi connectivity index (χ2v) is 4.70. The zero-order chi connectivity index (χ0) is 13.0. The first kappa shape index (κ1) is 13.6. The summed E-state index contributed by atoms with van der Waals surface area (Å²) < 4.78 is 24.7. The van der Waals surface area contributed by atoms with Crippen LogP contribution in [0.15, 0.2) is 18.2 Å². The zero-order valence-electron chi connectivity index (χ0n) is 10.3. The van der Waals surface area contributed by atoms with Crippen LogP contribution in [0.2, 0.25) is 5.02 Å². The van der Waals surface area contributed by atoms with Crippen molar-refractivity contribution in [2.24, 2.45) is 0 Å². The molecule has 1 aromatic rings. The number of hydrogen-bond acceptors (Lipinski definition) is 3. The van der Waals surface area contributed by atoms with Gasteiger partial charge < -0.3 is 14.8 Å². The maximum atomic E-state index is 13.6. The van der Waals surface area contributed by atoms with E-state index >= 15 is 0 Å². The van der Waals surface area contributed by atoms with E-state index < -0.39 is 5.82 Å². The lowest BCUT2D eigenvalue weighted by Gasteiger charge is -2.32. The fourth-order valence-corrected chi connectivity index (χ4v) is 2.22. The Morgan fingerprint density at radius 3 is 3.11 bits per heavy atom. The van der Waals surface area contributed by atoms with Crippen molar-refractivity contribution in [3.63, 3.8) is 0 Å². The van der Waals surface area contributed by atoms with Crippen LogP contribution < -0.4 is 10.1 Å². The molecule has 18 heavy (non-hydrogen) atoms. The third-order valence-electron chi connectivity index (χ3n) is 2.94. The van der Waals surface area contributed by atoms with Crippen LogP contribution in [0.5, 0.6) is 5.75 Å². The van der Waals surface area contributed by atoms with E-state index in [0.717, 1.165) is 13.0 Å². The fourth-order valence-electron chi connectivity index (χ4n) is 2.06. The molecule has 0 aromatic heterocycles. The smallest absolute Gasteiger partial charge is 0.166 e. The Hall–Kier alpha value is -0.840. The second-order valence-electron chi connectivity index (χ2n) is 4.26. The van der Waals surface area contributed by atoms with Crippen LogP contribution >= 0.6 is 11.6 Å². The van der Waals surface area contributed by atoms with E-state index in [1.54, 1.807) is 12.1 Å². The Kier molecular flexibility index (Phi) is 4.80. The number of benzene rings is 1. The first-order valence-corrected chi connectivity index (χ1v) is 6.51. The molecule has 1 aromatic carbocycles. The van der Waals surface area contributed by atoms with Gasteiger partial charge >= 0.3 is 0 Å². The van der Waals surface area contributed by atoms with Gasteiger partial charge in [-0.1, -0.05) is 18.5 Å². The average molecular weight is 274 g/mol. The first-order valence-electron chi connectivity index (χ1n) is 6.13. The largest absolute Gasteiger partial charge is 0.483 e. The van der Waals surface area contributed by atoms with Gasteiger partial charge in [-0.3, -0.25) is 0 Å². The van der Waals surface area contributed by atoms with Crippen LogP contribution in [0.25, 0.3) is 0 Å². The van der Waals surface area contributed by atoms with Crippen molar-refractivity contribution in [1.29, 1.82) is 0 Å². The third kappa shape index (κ3) is 3.34. The van der Waals surface area contributed by atoms with Gasteiger partial charge in [0, 0.05) is 17.7 Å². The fraction of sp³-hybridized carbons (Fsp3) is 0.538. The van der Waals surface area contributed by atoms with Crippen molar-refractivity contribution in [2.45, 2.75) is 25.5 Å². The third-order valence-corrected chi connectivity index (χ3v) is 3.18. The number of likely N-dealkylation sites (N-methyl/N-ethyl adjacent to an activating group) is 1. The molecule has 1 saturated heterocycles. The molecule has 0 aliphatic carbocycles. The maximum Gasteiger partial charge on any atom is 0.166 e. The van der Waals surface area contributed by atoms with Gasteiger partial charge in [-0.05, 0) is 31.2 Å². The Balaban J connectivity index is 2.06. The molecule has 0 radical (unpaired) electrons. The highest BCUT2D eigenvalue weighted by molar-refractivity contribution is 6.30. The van der Waals surface area contributed by atoms with Gasteiger partial charge in [-0.25, -0.2) is 4.39 Å². The summed E-state index contributed by atoms with van der Waals surface area (Å²) in [4.78, 5) is 0. The topological polar surface area (TPSA) is 30.5 Å². The highest BCUT2D eigenvalue weighted by Gasteiger charge is 2.27. The lowest BCUT2D eigenvalue weighted by molar-refractivity contribution is -0.0157. The molecule has 3 nitrogen and oxygen atoms in total. The number of halogens is 2. The molecule has 2 unspecified atom stereocenters. The number of ether oxygens (including phenoxy) is 2. The van der Waals surface area contributed by atoms with Crippen LogP contribution in [-0.4, -0.2) is 31.9 Å². The molecule has 1 aliphatic rings. The van der Waals surface area contributed by atoms with E-state index in [-0.39, 0.29) is 17.9 Å². The molecule has 2 atom stereocenters. The number of nitrogens with one attached hydrogen (secondary N) is 1. The summed E-state index contributed by atoms with van der Waals surface area (Å²) in [6, 6.07) is 4.61. The van der Waals surface area contributed by atoms with Gasteiger partial charge in [0.2, 0.25) is 0 Å². The number of rotatable bonds is 4. The van der Waals surface area contributed by atoms with Crippen LogP contribution in [0.1, 0.15) is 13.3 Å². The van der Waals surface area contributed by atoms with Gasteiger partial charge in [0.25, 0.3) is 0 Å². The van der Waals surface area contributed by atoms with Crippen LogP contribution in [0, 0.1) is 5.82 Å². The monoisotopic (exact) mass is 273 g/mol. The second kappa shape index (κ2) is 6.36. The summed E-state index contributed by atoms with van der Waals surface area (Å²) in [6.45, 7) is 4.07. The van der Waals surface area contributed by atoms with E-state index in [1.165, 1.54) is 6.07 Å². The molecule has 100 valence electrons. The van der Waals surface area contributed by atoms with Crippen LogP contribution in [0.4, 0.5) is 4.39 Å². The molecule has 2 rings (SSSR count). The van der Waals surface area contributed by atoms with E-state index in [9.17, 15) is 4.39 Å². The van der Waals surface area contributed by atoms with E-state index in [4.69, 9.17) is 21.1 Å². The minimum Gasteiger partial charge on any atom is -0.483 e. The van der Waals surface area contributed by atoms with Gasteiger partial charge in [0.15, 0.2) is 11.6 Å². The molecular weight excluding hydrogens is 257 g/mol. The molecule has 1 N–H and O–H groups in total. The van der Waals surface area contributed by atoms with Gasteiger partial charge in [0.1, 0.15) is 6.10 Å². The van der Waals surface area contributed by atoms with Gasteiger partial charge in [0.05, 0.1) is 6.61 Å². The molecule has 0 bridgehead atoms. The first-order chi connectivity index (χ1) is 8.70. The number of hydrogen-bond donors (Lipinski definition) is 1. The van der Waals surface area contributed by atoms with Gasteiger partial charge in [-0.2, -0.15) is 0 Å². The minimum atomic E-state index is -0.441. The van der Waals surface area contributed by atoms with Crippen molar-refractivity contribution in [3.05, 3.63) is 29.0 Å². The summed E-state index contributed by atoms with van der Waals surface area (Å²) in [5.74, 6) is -0.221. The highest BCUT2D eigenvalue weighted by atomic mass is 35.5. The molecule has 0 spiro atoms. The van der Waals surface area contributed by atoms with Crippen molar-refractivity contribution in [3.8, 4) is 5.75 Å². The summed E-state index contributed by atoms with van der Waals surface area (Å²) >= 11 is 5.71. The van der Waals surface area contributed by atoms with Crippen LogP contribution in [0.3, 0.4) is 0 Å². The summed E-state index contributed by atoms with van der Waals surface area (Å²) in [6.07, 6.45) is 0.697. The highest BCUT2D eigenvalue weighted by Crippen LogP contribution is 2.24. The van der Waals surface area contributed by atoms with Crippen molar-refractivity contribution in [2.75, 3.05) is 19.8 Å². The maximum absolute atomic E-state index is 13.6. The Morgan fingerprint density at radius 2 is 2.39 bits per heavy atom. The molecule has 0 amide bonds. The van der Waals surface area contributed by atoms with Crippen molar-refractivity contribution in [1.82, 2.24) is 5.32 Å². The molecule has 1 fully saturated rings. The lowest BCUT2D eigenvalue weighted by atomic mass is 10.1. The van der Waals surface area contributed by atoms with Crippen LogP contribution in [-0.2, 0) is 4.74 Å². The molecule has 0 saturated carbocycles. The van der Waals surface area contributed by atoms with E-state index in [1.807, 2.05) is 6.92 Å². The van der Waals surface area contributed by atoms with E-state index in [2.05, 4.69) is 5.32 Å². The normalized spacial score (nSPS) is 23.9. The molecular formula is C13H17ClFNO2. The Labute approximate surface area is 111 Å². The zero-order valence-corrected chi connectivity index (χ0v) is 11.0. The Bertz CT molecular complexity index is 401.